The Kier molecular flexibility index (Phi) is 3.61. The fourth-order valence-corrected chi connectivity index (χ4v) is 4.82. The van der Waals surface area contributed by atoms with E-state index >= 15 is 0 Å². The topological polar surface area (TPSA) is 79.3 Å². The molecule has 0 unspecified atom stereocenters. The largest absolute Gasteiger partial charge is 0.461 e. The Hall–Kier alpha value is -1.93. The normalized spacial score (nSPS) is 29.3. The second-order valence-electron chi connectivity index (χ2n) is 6.41. The summed E-state index contributed by atoms with van der Waals surface area (Å²) in [5, 5.41) is 0. The third kappa shape index (κ3) is 2.50. The van der Waals surface area contributed by atoms with E-state index < -0.39 is 10.0 Å². The molecule has 0 N–H and O–H groups in total. The number of hydrogen-bond donors (Lipinski definition) is 0. The fraction of sp³-hybridized carbons (Fsp3) is 0.500. The van der Waals surface area contributed by atoms with Crippen molar-refractivity contribution in [3.63, 3.8) is 0 Å². The SMILES string of the molecule is C[C@H]1C[C@H](N2CCN(C3=NS(=O)(=O)c4ccccc43)CC2)C(=O)O1. The third-order valence-corrected chi connectivity index (χ3v) is 6.14. The number of cyclic esters (lactones) is 1. The van der Waals surface area contributed by atoms with Crippen LogP contribution in [0.25, 0.3) is 0 Å². The van der Waals surface area contributed by atoms with Gasteiger partial charge >= 0.3 is 5.97 Å². The average molecular weight is 349 g/mol. The van der Waals surface area contributed by atoms with Crippen LogP contribution in [0.1, 0.15) is 18.9 Å². The summed E-state index contributed by atoms with van der Waals surface area (Å²) in [5.74, 6) is 0.370. The first-order valence-electron chi connectivity index (χ1n) is 8.09. The number of amidine groups is 1. The molecule has 2 fully saturated rings. The molecular weight excluding hydrogens is 330 g/mol. The van der Waals surface area contributed by atoms with Crippen molar-refractivity contribution in [2.45, 2.75) is 30.4 Å². The van der Waals surface area contributed by atoms with E-state index in [0.717, 1.165) is 6.42 Å². The number of ether oxygens (including phenoxy) is 1. The molecule has 24 heavy (non-hydrogen) atoms. The zero-order valence-corrected chi connectivity index (χ0v) is 14.2. The summed E-state index contributed by atoms with van der Waals surface area (Å²) in [6.45, 7) is 4.56. The molecule has 0 saturated carbocycles. The van der Waals surface area contributed by atoms with Crippen molar-refractivity contribution >= 4 is 21.8 Å². The van der Waals surface area contributed by atoms with E-state index in [4.69, 9.17) is 4.74 Å². The van der Waals surface area contributed by atoms with Gasteiger partial charge in [-0.3, -0.25) is 9.69 Å². The predicted octanol–water partition coefficient (Wildman–Crippen LogP) is 0.457. The van der Waals surface area contributed by atoms with Gasteiger partial charge in [0.25, 0.3) is 10.0 Å². The van der Waals surface area contributed by atoms with Gasteiger partial charge in [0.05, 0.1) is 0 Å². The molecule has 0 radical (unpaired) electrons. The number of nitrogens with zero attached hydrogens (tertiary/aromatic N) is 3. The molecule has 8 heteroatoms. The van der Waals surface area contributed by atoms with Crippen LogP contribution in [0.3, 0.4) is 0 Å². The van der Waals surface area contributed by atoms with Gasteiger partial charge in [0.2, 0.25) is 0 Å². The Labute approximate surface area is 141 Å². The van der Waals surface area contributed by atoms with E-state index in [1.165, 1.54) is 0 Å². The van der Waals surface area contributed by atoms with E-state index in [-0.39, 0.29) is 23.0 Å². The molecule has 7 nitrogen and oxygen atoms in total. The Morgan fingerprint density at radius 1 is 1.17 bits per heavy atom. The molecule has 128 valence electrons. The molecule has 3 aliphatic rings. The van der Waals surface area contributed by atoms with E-state index in [0.29, 0.717) is 37.6 Å². The lowest BCUT2D eigenvalue weighted by atomic mass is 10.1. The number of fused-ring (bicyclic) bond motifs is 1. The van der Waals surface area contributed by atoms with Crippen LogP contribution in [0.5, 0.6) is 0 Å². The highest BCUT2D eigenvalue weighted by Crippen LogP contribution is 2.28. The lowest BCUT2D eigenvalue weighted by Crippen LogP contribution is -2.53. The van der Waals surface area contributed by atoms with Gasteiger partial charge in [-0.15, -0.1) is 4.40 Å². The van der Waals surface area contributed by atoms with E-state index in [2.05, 4.69) is 9.30 Å². The first kappa shape index (κ1) is 15.6. The van der Waals surface area contributed by atoms with Crippen LogP contribution in [-0.4, -0.2) is 68.3 Å². The summed E-state index contributed by atoms with van der Waals surface area (Å²) in [6.07, 6.45) is 0.688. The van der Waals surface area contributed by atoms with Gasteiger partial charge < -0.3 is 9.64 Å². The van der Waals surface area contributed by atoms with Gasteiger partial charge in [-0.2, -0.15) is 8.42 Å². The number of hydrogen-bond acceptors (Lipinski definition) is 6. The summed E-state index contributed by atoms with van der Waals surface area (Å²) in [5.41, 5.74) is 0.667. The van der Waals surface area contributed by atoms with Crippen molar-refractivity contribution in [3.8, 4) is 0 Å². The lowest BCUT2D eigenvalue weighted by molar-refractivity contribution is -0.145. The molecule has 2 atom stereocenters. The molecule has 1 aromatic rings. The molecule has 3 heterocycles. The van der Waals surface area contributed by atoms with Gasteiger partial charge in [-0.25, -0.2) is 0 Å². The van der Waals surface area contributed by atoms with E-state index in [1.54, 1.807) is 18.2 Å². The van der Waals surface area contributed by atoms with Crippen molar-refractivity contribution in [2.75, 3.05) is 26.2 Å². The minimum atomic E-state index is -3.59. The molecule has 0 amide bonds. The van der Waals surface area contributed by atoms with Crippen molar-refractivity contribution in [3.05, 3.63) is 29.8 Å². The second-order valence-corrected chi connectivity index (χ2v) is 7.98. The summed E-state index contributed by atoms with van der Waals surface area (Å²) < 4.78 is 33.5. The number of carbonyl (C=O) groups is 1. The van der Waals surface area contributed by atoms with Crippen LogP contribution in [-0.2, 0) is 19.6 Å². The highest BCUT2D eigenvalue weighted by Gasteiger charge is 2.39. The highest BCUT2D eigenvalue weighted by atomic mass is 32.2. The Bertz CT molecular complexity index is 812. The van der Waals surface area contributed by atoms with Crippen LogP contribution < -0.4 is 0 Å². The summed E-state index contributed by atoms with van der Waals surface area (Å²) in [4.78, 5) is 16.3. The molecule has 0 spiro atoms. The molecule has 3 aliphatic heterocycles. The molecule has 2 saturated heterocycles. The molecule has 0 aromatic heterocycles. The van der Waals surface area contributed by atoms with Gasteiger partial charge in [0.1, 0.15) is 17.0 Å². The minimum Gasteiger partial charge on any atom is -0.461 e. The number of benzene rings is 1. The van der Waals surface area contributed by atoms with Crippen LogP contribution in [0.4, 0.5) is 0 Å². The van der Waals surface area contributed by atoms with Crippen molar-refractivity contribution in [1.29, 1.82) is 0 Å². The van der Waals surface area contributed by atoms with Crippen LogP contribution in [0.15, 0.2) is 33.6 Å². The summed E-state index contributed by atoms with van der Waals surface area (Å²) in [6, 6.07) is 6.74. The molecule has 0 bridgehead atoms. The average Bonchev–Trinajstić information content (AvgIpc) is 3.04. The zero-order chi connectivity index (χ0) is 16.9. The fourth-order valence-electron chi connectivity index (χ4n) is 3.60. The first-order chi connectivity index (χ1) is 11.5. The molecule has 0 aliphatic carbocycles. The van der Waals surface area contributed by atoms with Crippen molar-refractivity contribution in [2.24, 2.45) is 4.40 Å². The lowest BCUT2D eigenvalue weighted by Gasteiger charge is -2.37. The minimum absolute atomic E-state index is 0.0308. The quantitative estimate of drug-likeness (QED) is 0.685. The van der Waals surface area contributed by atoms with E-state index in [1.807, 2.05) is 17.9 Å². The van der Waals surface area contributed by atoms with Gasteiger partial charge in [0, 0.05) is 38.2 Å². The number of rotatable bonds is 1. The standard InChI is InChI=1S/C16H19N3O4S/c1-11-10-13(16(20)23-11)18-6-8-19(9-7-18)15-12-4-2-3-5-14(12)24(21,22)17-15/h2-5,11,13H,6-10H2,1H3/t11-,13-/m0/s1. The van der Waals surface area contributed by atoms with E-state index in [9.17, 15) is 13.2 Å². The molecule has 1 aromatic carbocycles. The molecular formula is C16H19N3O4S. The predicted molar refractivity (Wildman–Crippen MR) is 87.3 cm³/mol. The van der Waals surface area contributed by atoms with Gasteiger partial charge in [-0.05, 0) is 19.1 Å². The third-order valence-electron chi connectivity index (χ3n) is 4.81. The number of sulfonamides is 1. The van der Waals surface area contributed by atoms with Gasteiger partial charge in [-0.1, -0.05) is 12.1 Å². The van der Waals surface area contributed by atoms with Crippen LogP contribution >= 0.6 is 0 Å². The zero-order valence-electron chi connectivity index (χ0n) is 13.4. The van der Waals surface area contributed by atoms with Gasteiger partial charge in [0.15, 0.2) is 5.84 Å². The highest BCUT2D eigenvalue weighted by molar-refractivity contribution is 7.90. The van der Waals surface area contributed by atoms with Crippen molar-refractivity contribution < 1.29 is 17.9 Å². The maximum Gasteiger partial charge on any atom is 0.323 e. The smallest absolute Gasteiger partial charge is 0.323 e. The number of esters is 1. The Morgan fingerprint density at radius 3 is 2.54 bits per heavy atom. The Balaban J connectivity index is 1.50. The monoisotopic (exact) mass is 349 g/mol. The number of piperazine rings is 1. The summed E-state index contributed by atoms with van der Waals surface area (Å²) >= 11 is 0. The van der Waals surface area contributed by atoms with Crippen molar-refractivity contribution in [1.82, 2.24) is 9.80 Å². The summed E-state index contributed by atoms with van der Waals surface area (Å²) in [7, 11) is -3.59. The van der Waals surface area contributed by atoms with Crippen LogP contribution in [0, 0.1) is 0 Å². The maximum atomic E-state index is 12.2. The van der Waals surface area contributed by atoms with Crippen LogP contribution in [0.2, 0.25) is 0 Å². The second kappa shape index (κ2) is 5.56. The Morgan fingerprint density at radius 2 is 1.88 bits per heavy atom. The first-order valence-corrected chi connectivity index (χ1v) is 9.53. The number of carbonyl (C=O) groups excluding carboxylic acids is 1. The maximum absolute atomic E-state index is 12.2. The molecule has 4 rings (SSSR count).